The molecule has 12 heterocycles. The van der Waals surface area contributed by atoms with Gasteiger partial charge >= 0.3 is 7.12 Å². The van der Waals surface area contributed by atoms with E-state index in [1.165, 1.54) is 20.8 Å². The van der Waals surface area contributed by atoms with Crippen LogP contribution in [0.15, 0.2) is 129 Å². The van der Waals surface area contributed by atoms with E-state index in [1.54, 1.807) is 45.4 Å². The number of hydrogen-bond donors (Lipinski definition) is 5. The molecule has 3 aromatic heterocycles. The molecule has 91 heavy (non-hydrogen) atoms. The molecule has 9 aliphatic rings. The summed E-state index contributed by atoms with van der Waals surface area (Å²) in [6.07, 6.45) is 6.34. The highest BCUT2D eigenvalue weighted by atomic mass is 79.9. The molecule has 474 valence electrons. The normalized spacial score (nSPS) is 27.5. The van der Waals surface area contributed by atoms with Gasteiger partial charge in [0.15, 0.2) is 34.5 Å². The Morgan fingerprint density at radius 3 is 1.15 bits per heavy atom. The lowest BCUT2D eigenvalue weighted by Gasteiger charge is -2.46. The number of carbonyl (C=O) groups excluding carboxylic acids is 3. The maximum absolute atomic E-state index is 13.4. The molecule has 6 aromatic rings. The van der Waals surface area contributed by atoms with Crippen LogP contribution in [0.2, 0.25) is 15.5 Å². The maximum Gasteiger partial charge on any atom is 0.508 e. The van der Waals surface area contributed by atoms with Crippen molar-refractivity contribution in [3.63, 3.8) is 0 Å². The molecular weight excluding hydrogens is 1300 g/mol. The SMILES string of the molecule is CN1C(=O)C2(CC3(CCCOC3)Oc3ccc(Br)cc32)N=C1N.CN1C(=O)[C@@]2(C[C@@]3(CCCOC3)Oc3ccc(-c4cccc(Cl)n4)cc32)N=C1N.CN1C(=O)[C@@]2(C[C@]3(CCCOC3)Oc3ccc(-c4cccc(Cl)n4)cc32)N=C1N.OB(O)c1cccc(Cl)n1. The van der Waals surface area contributed by atoms with E-state index in [1.807, 2.05) is 78.9 Å². The fourth-order valence-corrected chi connectivity index (χ4v) is 14.3. The van der Waals surface area contributed by atoms with E-state index in [4.69, 9.17) is 90.5 Å². The van der Waals surface area contributed by atoms with E-state index in [0.717, 1.165) is 66.3 Å². The first-order valence-corrected chi connectivity index (χ1v) is 31.5. The van der Waals surface area contributed by atoms with Gasteiger partial charge in [0.05, 0.1) is 36.8 Å². The van der Waals surface area contributed by atoms with Crippen molar-refractivity contribution >= 4 is 99.0 Å². The third kappa shape index (κ3) is 12.0. The number of halogens is 4. The second-order valence-corrected chi connectivity index (χ2v) is 26.0. The molecule has 0 aliphatic carbocycles. The molecule has 3 fully saturated rings. The molecule has 6 atom stereocenters. The number of fused-ring (bicyclic) bond motifs is 6. The number of nitrogens with zero attached hydrogens (tertiary/aromatic N) is 9. The van der Waals surface area contributed by atoms with Crippen molar-refractivity contribution in [3.8, 4) is 39.8 Å². The van der Waals surface area contributed by atoms with Gasteiger partial charge in [-0.3, -0.25) is 29.1 Å². The molecular formula is C63H65BBrCl3N12O11. The van der Waals surface area contributed by atoms with Crippen LogP contribution in [0.4, 0.5) is 0 Å². The van der Waals surface area contributed by atoms with Crippen LogP contribution in [-0.4, -0.2) is 160 Å². The fraction of sp³-hybridized carbons (Fsp3) is 0.381. The van der Waals surface area contributed by atoms with Gasteiger partial charge in [0.25, 0.3) is 17.7 Å². The van der Waals surface area contributed by atoms with Gasteiger partial charge in [-0.1, -0.05) is 68.9 Å². The van der Waals surface area contributed by atoms with Crippen molar-refractivity contribution in [2.45, 2.75) is 91.2 Å². The minimum absolute atomic E-state index is 0.109. The second kappa shape index (κ2) is 24.9. The van der Waals surface area contributed by atoms with Crippen LogP contribution in [0.25, 0.3) is 22.5 Å². The van der Waals surface area contributed by atoms with Crippen LogP contribution in [0.3, 0.4) is 0 Å². The Balaban J connectivity index is 0.000000123. The molecule has 3 amide bonds. The molecule has 2 unspecified atom stereocenters. The third-order valence-electron chi connectivity index (χ3n) is 17.8. The Labute approximate surface area is 548 Å². The largest absolute Gasteiger partial charge is 0.508 e. The summed E-state index contributed by atoms with van der Waals surface area (Å²) in [7, 11) is 3.42. The molecule has 0 radical (unpaired) electrons. The maximum atomic E-state index is 13.4. The zero-order valence-electron chi connectivity index (χ0n) is 49.9. The number of carbonyl (C=O) groups is 3. The summed E-state index contributed by atoms with van der Waals surface area (Å²) in [6, 6.07) is 32.6. The third-order valence-corrected chi connectivity index (χ3v) is 18.9. The molecule has 6 spiro atoms. The van der Waals surface area contributed by atoms with E-state index < -0.39 is 40.5 Å². The number of ether oxygens (including phenoxy) is 6. The van der Waals surface area contributed by atoms with E-state index in [2.05, 4.69) is 45.9 Å². The Kier molecular flexibility index (Phi) is 17.4. The predicted molar refractivity (Wildman–Crippen MR) is 345 cm³/mol. The van der Waals surface area contributed by atoms with Crippen molar-refractivity contribution in [2.75, 3.05) is 60.8 Å². The van der Waals surface area contributed by atoms with Crippen LogP contribution in [0.1, 0.15) is 74.5 Å². The quantitative estimate of drug-likeness (QED) is 0.0919. The second-order valence-electron chi connectivity index (χ2n) is 23.9. The highest BCUT2D eigenvalue weighted by Gasteiger charge is 2.61. The summed E-state index contributed by atoms with van der Waals surface area (Å²) < 4.78 is 37.1. The van der Waals surface area contributed by atoms with E-state index in [9.17, 15) is 14.4 Å². The van der Waals surface area contributed by atoms with Gasteiger partial charge in [-0.2, -0.15) is 0 Å². The highest BCUT2D eigenvalue weighted by molar-refractivity contribution is 9.10. The van der Waals surface area contributed by atoms with Gasteiger partial charge in [-0.15, -0.1) is 0 Å². The predicted octanol–water partition coefficient (Wildman–Crippen LogP) is 6.61. The van der Waals surface area contributed by atoms with E-state index in [-0.39, 0.29) is 46.3 Å². The summed E-state index contributed by atoms with van der Waals surface area (Å²) in [6.45, 7) is 3.45. The number of benzene rings is 3. The number of hydrogen-bond acceptors (Lipinski definition) is 20. The molecule has 3 aromatic carbocycles. The standard InChI is InChI=1S/2C21H21ClN4O3.C16H18BrN3O3.C5H5BClNO2/c2*1-26-18(27)21(25-19(26)23)11-20(8-3-9-28-12-20)29-16-7-6-13(10-14(16)21)15-4-2-5-17(22)24-15;1-20-13(21)16(19-14(20)18)8-15(5-2-6-22-9-15)23-12-4-3-10(17)7-11(12)16;7-5-3-1-2-4(8-5)6(9)10/h2*2,4-7,10H,3,8-9,11-12H2,1H3,(H2,23,25);3-4,7H,2,5-6,8-9H2,1H3,(H2,18,19);1-3,9-10H/t20-,21+;20-,21-;;/m10../s1. The number of aromatic nitrogens is 3. The minimum Gasteiger partial charge on any atom is -0.484 e. The zero-order chi connectivity index (χ0) is 64.3. The molecule has 0 bridgehead atoms. The van der Waals surface area contributed by atoms with Crippen molar-refractivity contribution in [2.24, 2.45) is 32.2 Å². The van der Waals surface area contributed by atoms with Crippen LogP contribution in [0.5, 0.6) is 17.2 Å². The summed E-state index contributed by atoms with van der Waals surface area (Å²) in [4.78, 5) is 70.4. The van der Waals surface area contributed by atoms with Crippen molar-refractivity contribution < 1.29 is 52.9 Å². The van der Waals surface area contributed by atoms with Gasteiger partial charge in [0.1, 0.15) is 49.5 Å². The molecule has 8 N–H and O–H groups in total. The number of pyridine rings is 3. The van der Waals surface area contributed by atoms with Gasteiger partial charge < -0.3 is 55.7 Å². The van der Waals surface area contributed by atoms with E-state index >= 15 is 0 Å². The number of likely N-dealkylation sites (N-methyl/N-ethyl adjacent to an activating group) is 3. The average molecular weight is 1360 g/mol. The number of amides is 3. The molecule has 9 aliphatic heterocycles. The smallest absolute Gasteiger partial charge is 0.484 e. The van der Waals surface area contributed by atoms with Crippen molar-refractivity contribution in [3.05, 3.63) is 146 Å². The molecule has 23 nitrogen and oxygen atoms in total. The number of aliphatic imine (C=N–C) groups is 3. The highest BCUT2D eigenvalue weighted by Crippen LogP contribution is 2.55. The summed E-state index contributed by atoms with van der Waals surface area (Å²) in [5, 5.41) is 18.2. The lowest BCUT2D eigenvalue weighted by atomic mass is 9.74. The zero-order valence-corrected chi connectivity index (χ0v) is 53.8. The topological polar surface area (TPSA) is 311 Å². The van der Waals surface area contributed by atoms with Gasteiger partial charge in [-0.25, -0.2) is 29.9 Å². The summed E-state index contributed by atoms with van der Waals surface area (Å²) >= 11 is 21.1. The van der Waals surface area contributed by atoms with Gasteiger partial charge in [-0.05, 0) is 130 Å². The van der Waals surface area contributed by atoms with E-state index in [0.29, 0.717) is 102 Å². The van der Waals surface area contributed by atoms with Crippen LogP contribution >= 0.6 is 50.7 Å². The molecule has 3 saturated heterocycles. The minimum atomic E-state index is -1.54. The first-order chi connectivity index (χ1) is 43.5. The Bertz CT molecular complexity index is 3800. The number of rotatable bonds is 3. The first-order valence-electron chi connectivity index (χ1n) is 29.6. The van der Waals surface area contributed by atoms with Crippen LogP contribution in [-0.2, 0) is 45.2 Å². The van der Waals surface area contributed by atoms with Gasteiger partial charge in [0, 0.05) is 92.5 Å². The number of guanidine groups is 3. The molecule has 15 rings (SSSR count). The van der Waals surface area contributed by atoms with Crippen molar-refractivity contribution in [1.82, 2.24) is 29.7 Å². The van der Waals surface area contributed by atoms with Gasteiger partial charge in [0.2, 0.25) is 0 Å². The average Bonchev–Trinajstić information content (AvgIpc) is 1.69. The number of nitrogens with two attached hydrogens (primary N) is 3. The lowest BCUT2D eigenvalue weighted by molar-refractivity contribution is -0.139. The molecule has 28 heteroatoms. The lowest BCUT2D eigenvalue weighted by Crippen LogP contribution is -2.55. The fourth-order valence-electron chi connectivity index (χ4n) is 13.4. The Morgan fingerprint density at radius 2 is 0.846 bits per heavy atom. The monoisotopic (exact) mass is 1360 g/mol. The summed E-state index contributed by atoms with van der Waals surface area (Å²) in [5.74, 6) is 2.20. The van der Waals surface area contributed by atoms with Crippen LogP contribution < -0.4 is 37.0 Å². The molecule has 0 saturated carbocycles. The first kappa shape index (κ1) is 63.7. The van der Waals surface area contributed by atoms with Crippen LogP contribution in [0, 0.1) is 0 Å². The Hall–Kier alpha value is -7.46. The summed E-state index contributed by atoms with van der Waals surface area (Å²) in [5.41, 5.74) is 18.6. The Morgan fingerprint density at radius 1 is 0.495 bits per heavy atom. The van der Waals surface area contributed by atoms with Crippen molar-refractivity contribution in [1.29, 1.82) is 0 Å².